The lowest BCUT2D eigenvalue weighted by molar-refractivity contribution is -0.140. The van der Waals surface area contributed by atoms with Crippen molar-refractivity contribution in [3.05, 3.63) is 24.0 Å². The summed E-state index contributed by atoms with van der Waals surface area (Å²) in [4.78, 5) is 12.9. The molecule has 0 spiro atoms. The van der Waals surface area contributed by atoms with Crippen molar-refractivity contribution < 1.29 is 14.3 Å². The van der Waals surface area contributed by atoms with Gasteiger partial charge in [0.15, 0.2) is 5.82 Å². The van der Waals surface area contributed by atoms with E-state index in [4.69, 9.17) is 9.47 Å². The summed E-state index contributed by atoms with van der Waals surface area (Å²) in [6.45, 7) is 1.51. The second-order valence-corrected chi connectivity index (χ2v) is 7.01. The van der Waals surface area contributed by atoms with E-state index in [0.717, 1.165) is 31.8 Å². The Morgan fingerprint density at radius 3 is 2.68 bits per heavy atom. The highest BCUT2D eigenvalue weighted by atomic mass is 35.5. The van der Waals surface area contributed by atoms with Gasteiger partial charge < -0.3 is 20.1 Å². The topological polar surface area (TPSA) is 103 Å². The van der Waals surface area contributed by atoms with Gasteiger partial charge in [0, 0.05) is 18.7 Å². The van der Waals surface area contributed by atoms with Crippen LogP contribution in [0.1, 0.15) is 37.4 Å². The summed E-state index contributed by atoms with van der Waals surface area (Å²) in [5, 5.41) is 18.3. The van der Waals surface area contributed by atoms with Gasteiger partial charge >= 0.3 is 0 Å². The third-order valence-corrected chi connectivity index (χ3v) is 5.32. The first kappa shape index (κ1) is 20.5. The third-order valence-electron chi connectivity index (χ3n) is 5.32. The minimum atomic E-state index is -0.806. The number of ether oxygens (including phenoxy) is 2. The Bertz CT molecular complexity index is 832. The van der Waals surface area contributed by atoms with Crippen LogP contribution in [0.3, 0.4) is 0 Å². The number of nitrogens with one attached hydrogen (secondary N) is 2. The molecule has 1 saturated carbocycles. The molecule has 2 N–H and O–H groups in total. The number of aromatic nitrogens is 4. The van der Waals surface area contributed by atoms with Crippen LogP contribution in [0.5, 0.6) is 5.75 Å². The molecule has 2 aliphatic rings. The number of carbonyl (C=O) groups excluding carboxylic acids is 1. The van der Waals surface area contributed by atoms with Gasteiger partial charge in [-0.2, -0.15) is 4.68 Å². The molecule has 0 radical (unpaired) electrons. The lowest BCUT2D eigenvalue weighted by Crippen LogP contribution is -2.51. The number of anilines is 1. The maximum atomic E-state index is 12.9. The minimum Gasteiger partial charge on any atom is -0.494 e. The molecule has 0 unspecified atom stereocenters. The van der Waals surface area contributed by atoms with E-state index in [1.807, 2.05) is 18.2 Å². The van der Waals surface area contributed by atoms with Gasteiger partial charge in [-0.3, -0.25) is 4.79 Å². The summed E-state index contributed by atoms with van der Waals surface area (Å²) in [6, 6.07) is 5.46. The molecule has 1 aromatic carbocycles. The molecular weight excluding hydrogens is 384 g/mol. The second kappa shape index (κ2) is 8.42. The molecule has 28 heavy (non-hydrogen) atoms. The third kappa shape index (κ3) is 3.82. The van der Waals surface area contributed by atoms with E-state index in [9.17, 15) is 4.79 Å². The molecule has 1 amide bonds. The number of methoxy groups -OCH3 is 2. The van der Waals surface area contributed by atoms with Gasteiger partial charge in [-0.05, 0) is 67.4 Å². The molecule has 1 aliphatic heterocycles. The molecule has 152 valence electrons. The summed E-state index contributed by atoms with van der Waals surface area (Å²) in [7, 11) is 3.19. The maximum Gasteiger partial charge on any atom is 0.256 e. The van der Waals surface area contributed by atoms with E-state index in [1.54, 1.807) is 18.9 Å². The average molecular weight is 409 g/mol. The number of hydrogen-bond donors (Lipinski definition) is 2. The molecule has 1 aromatic heterocycles. The zero-order valence-electron chi connectivity index (χ0n) is 16.0. The summed E-state index contributed by atoms with van der Waals surface area (Å²) < 4.78 is 12.8. The fourth-order valence-electron chi connectivity index (χ4n) is 3.49. The maximum absolute atomic E-state index is 12.9. The minimum absolute atomic E-state index is 0. The lowest BCUT2D eigenvalue weighted by Gasteiger charge is -2.34. The summed E-state index contributed by atoms with van der Waals surface area (Å²) in [6.07, 6.45) is 3.45. The van der Waals surface area contributed by atoms with E-state index < -0.39 is 5.60 Å². The number of carbonyl (C=O) groups is 1. The second-order valence-electron chi connectivity index (χ2n) is 7.01. The van der Waals surface area contributed by atoms with E-state index in [2.05, 4.69) is 26.2 Å². The average Bonchev–Trinajstić information content (AvgIpc) is 3.44. The molecule has 2 heterocycles. The van der Waals surface area contributed by atoms with Crippen molar-refractivity contribution in [2.24, 2.45) is 0 Å². The molecule has 2 aromatic rings. The Morgan fingerprint density at radius 2 is 2.04 bits per heavy atom. The van der Waals surface area contributed by atoms with Crippen LogP contribution in [0.15, 0.2) is 18.2 Å². The molecular formula is C18H25ClN6O3. The molecule has 0 atom stereocenters. The van der Waals surface area contributed by atoms with E-state index >= 15 is 0 Å². The highest BCUT2D eigenvalue weighted by Gasteiger charge is 2.39. The molecule has 4 rings (SSSR count). The van der Waals surface area contributed by atoms with Crippen LogP contribution in [-0.4, -0.2) is 59.0 Å². The van der Waals surface area contributed by atoms with Crippen molar-refractivity contribution in [1.82, 2.24) is 25.5 Å². The number of benzene rings is 1. The SMILES string of the molecule is COc1ccc(NC(=O)C2(OC)CCNCC2)cc1-n1nnnc1C1CC1.Cl. The zero-order valence-corrected chi connectivity index (χ0v) is 16.8. The van der Waals surface area contributed by atoms with E-state index in [1.165, 1.54) is 0 Å². The van der Waals surface area contributed by atoms with E-state index in [0.29, 0.717) is 35.9 Å². The Hall–Kier alpha value is -2.23. The zero-order chi connectivity index (χ0) is 18.9. The molecule has 2 fully saturated rings. The van der Waals surface area contributed by atoms with Crippen molar-refractivity contribution in [3.63, 3.8) is 0 Å². The van der Waals surface area contributed by atoms with Crippen LogP contribution in [-0.2, 0) is 9.53 Å². The summed E-state index contributed by atoms with van der Waals surface area (Å²) in [5.74, 6) is 1.71. The first-order chi connectivity index (χ1) is 13.2. The Labute approximate surface area is 169 Å². The molecule has 9 nitrogen and oxygen atoms in total. The highest BCUT2D eigenvalue weighted by molar-refractivity contribution is 5.97. The van der Waals surface area contributed by atoms with Gasteiger partial charge in [0.2, 0.25) is 0 Å². The van der Waals surface area contributed by atoms with Crippen molar-refractivity contribution >= 4 is 24.0 Å². The van der Waals surface area contributed by atoms with Crippen LogP contribution in [0.2, 0.25) is 0 Å². The van der Waals surface area contributed by atoms with E-state index in [-0.39, 0.29) is 18.3 Å². The number of halogens is 1. The fourth-order valence-corrected chi connectivity index (χ4v) is 3.49. The predicted molar refractivity (Wildman–Crippen MR) is 105 cm³/mol. The molecule has 10 heteroatoms. The first-order valence-corrected chi connectivity index (χ1v) is 9.21. The predicted octanol–water partition coefficient (Wildman–Crippen LogP) is 1.68. The van der Waals surface area contributed by atoms with Crippen LogP contribution in [0, 0.1) is 0 Å². The van der Waals surface area contributed by atoms with Crippen molar-refractivity contribution in [2.75, 3.05) is 32.6 Å². The Balaban J connectivity index is 0.00000225. The van der Waals surface area contributed by atoms with Crippen molar-refractivity contribution in [3.8, 4) is 11.4 Å². The number of hydrogen-bond acceptors (Lipinski definition) is 7. The number of piperidine rings is 1. The monoisotopic (exact) mass is 408 g/mol. The van der Waals surface area contributed by atoms with Gasteiger partial charge in [0.25, 0.3) is 5.91 Å². The van der Waals surface area contributed by atoms with Gasteiger partial charge in [0.05, 0.1) is 7.11 Å². The number of nitrogens with zero attached hydrogens (tertiary/aromatic N) is 4. The first-order valence-electron chi connectivity index (χ1n) is 9.21. The normalized spacial score (nSPS) is 18.2. The number of tetrazole rings is 1. The lowest BCUT2D eigenvalue weighted by atomic mass is 9.91. The Morgan fingerprint density at radius 1 is 1.29 bits per heavy atom. The van der Waals surface area contributed by atoms with Gasteiger partial charge in [-0.15, -0.1) is 17.5 Å². The largest absolute Gasteiger partial charge is 0.494 e. The van der Waals surface area contributed by atoms with Gasteiger partial charge in [-0.1, -0.05) is 0 Å². The molecule has 0 bridgehead atoms. The number of amides is 1. The standard InChI is InChI=1S/C18H24N6O3.ClH/c1-26-15-6-5-13(20-17(25)18(27-2)7-9-19-10-8-18)11-14(15)24-16(12-3-4-12)21-22-23-24;/h5-6,11-12,19H,3-4,7-10H2,1-2H3,(H,20,25);1H. The van der Waals surface area contributed by atoms with Crippen LogP contribution in [0.25, 0.3) is 5.69 Å². The highest BCUT2D eigenvalue weighted by Crippen LogP contribution is 2.40. The number of rotatable bonds is 6. The van der Waals surface area contributed by atoms with Gasteiger partial charge in [0.1, 0.15) is 17.0 Å². The van der Waals surface area contributed by atoms with Crippen LogP contribution < -0.4 is 15.4 Å². The fraction of sp³-hybridized carbons (Fsp3) is 0.556. The van der Waals surface area contributed by atoms with Crippen molar-refractivity contribution in [2.45, 2.75) is 37.2 Å². The smallest absolute Gasteiger partial charge is 0.256 e. The van der Waals surface area contributed by atoms with Gasteiger partial charge in [-0.25, -0.2) is 0 Å². The molecule has 1 aliphatic carbocycles. The Kier molecular flexibility index (Phi) is 6.17. The quantitative estimate of drug-likeness (QED) is 0.749. The van der Waals surface area contributed by atoms with Crippen LogP contribution in [0.4, 0.5) is 5.69 Å². The summed E-state index contributed by atoms with van der Waals surface area (Å²) >= 11 is 0. The summed E-state index contributed by atoms with van der Waals surface area (Å²) in [5.41, 5.74) is 0.557. The molecule has 1 saturated heterocycles. The van der Waals surface area contributed by atoms with Crippen molar-refractivity contribution in [1.29, 1.82) is 0 Å². The van der Waals surface area contributed by atoms with Crippen LogP contribution >= 0.6 is 12.4 Å².